The summed E-state index contributed by atoms with van der Waals surface area (Å²) in [4.78, 5) is 2.04. The maximum absolute atomic E-state index is 11.5. The second kappa shape index (κ2) is 4.53. The molecule has 1 heterocycles. The van der Waals surface area contributed by atoms with E-state index in [4.69, 9.17) is 5.73 Å². The molecule has 0 amide bonds. The van der Waals surface area contributed by atoms with E-state index in [0.29, 0.717) is 4.47 Å². The molecule has 0 aliphatic heterocycles. The van der Waals surface area contributed by atoms with Gasteiger partial charge in [-0.1, -0.05) is 0 Å². The molecule has 0 saturated heterocycles. The minimum absolute atomic E-state index is 0.138. The Kier molecular flexibility index (Phi) is 3.84. The first-order valence-electron chi connectivity index (χ1n) is 3.24. The number of hydrogen-bond donors (Lipinski definition) is 3. The van der Waals surface area contributed by atoms with Gasteiger partial charge in [-0.3, -0.25) is 5.43 Å². The van der Waals surface area contributed by atoms with Gasteiger partial charge in [-0.2, -0.15) is 0 Å². The highest BCUT2D eigenvalue weighted by atomic mass is 79.9. The Bertz CT molecular complexity index is 441. The van der Waals surface area contributed by atoms with Gasteiger partial charge in [0.1, 0.15) is 0 Å². The number of sulfonamides is 1. The highest BCUT2D eigenvalue weighted by Gasteiger charge is 2.18. The van der Waals surface area contributed by atoms with Crippen molar-refractivity contribution in [2.24, 2.45) is 5.73 Å². The van der Waals surface area contributed by atoms with Gasteiger partial charge >= 0.3 is 0 Å². The number of rotatable bonds is 3. The first-order valence-corrected chi connectivity index (χ1v) is 6.80. The van der Waals surface area contributed by atoms with Crippen molar-refractivity contribution in [3.63, 3.8) is 0 Å². The summed E-state index contributed by atoms with van der Waals surface area (Å²) in [6, 6.07) is 1.64. The first kappa shape index (κ1) is 11.9. The molecule has 5 nitrogen and oxygen atoms in total. The van der Waals surface area contributed by atoms with Gasteiger partial charge in [-0.25, -0.2) is 8.42 Å². The summed E-state index contributed by atoms with van der Waals surface area (Å²) in [5, 5.41) is 1.51. The summed E-state index contributed by atoms with van der Waals surface area (Å²) >= 11 is 8.65. The van der Waals surface area contributed by atoms with Crippen LogP contribution in [0.25, 0.3) is 0 Å². The molecule has 0 fully saturated rings. The van der Waals surface area contributed by atoms with Crippen molar-refractivity contribution in [1.82, 2.24) is 10.3 Å². The van der Waals surface area contributed by atoms with Crippen molar-refractivity contribution < 1.29 is 8.42 Å². The van der Waals surface area contributed by atoms with Crippen LogP contribution in [0.4, 0.5) is 0 Å². The third-order valence-corrected chi connectivity index (χ3v) is 5.16. The smallest absolute Gasteiger partial charge is 0.267 e. The fourth-order valence-electron chi connectivity index (χ4n) is 0.635. The minimum Gasteiger partial charge on any atom is -0.375 e. The van der Waals surface area contributed by atoms with Crippen LogP contribution in [-0.4, -0.2) is 13.5 Å². The molecule has 0 atom stereocenters. The largest absolute Gasteiger partial charge is 0.375 e. The van der Waals surface area contributed by atoms with Crippen LogP contribution in [0, 0.1) is 0 Å². The van der Waals surface area contributed by atoms with Crippen LogP contribution >= 0.6 is 39.5 Å². The van der Waals surface area contributed by atoms with E-state index in [1.165, 1.54) is 0 Å². The normalized spacial score (nSPS) is 11.2. The van der Waals surface area contributed by atoms with Gasteiger partial charge in [0.25, 0.3) is 10.0 Å². The first-order chi connectivity index (χ1) is 6.43. The van der Waals surface area contributed by atoms with Crippen molar-refractivity contribution in [2.75, 3.05) is 0 Å². The molecule has 1 rings (SSSR count). The van der Waals surface area contributed by atoms with Crippen LogP contribution in [0.3, 0.4) is 0 Å². The van der Waals surface area contributed by atoms with E-state index in [1.807, 2.05) is 4.83 Å². The van der Waals surface area contributed by atoms with Gasteiger partial charge in [0, 0.05) is 4.47 Å². The molecule has 14 heavy (non-hydrogen) atoms. The molecule has 1 aromatic heterocycles. The van der Waals surface area contributed by atoms with Crippen molar-refractivity contribution in [3.8, 4) is 0 Å². The maximum atomic E-state index is 11.5. The Labute approximate surface area is 98.8 Å². The summed E-state index contributed by atoms with van der Waals surface area (Å²) in [6.07, 6.45) is 0. The molecular formula is C5H6BrN3O2S3. The van der Waals surface area contributed by atoms with Crippen LogP contribution in [0.15, 0.2) is 20.1 Å². The lowest BCUT2D eigenvalue weighted by Crippen LogP contribution is -2.44. The Hall–Kier alpha value is -0.220. The Morgan fingerprint density at radius 2 is 2.29 bits per heavy atom. The molecule has 1 aromatic rings. The fraction of sp³-hybridized carbons (Fsp3) is 0. The predicted molar refractivity (Wildman–Crippen MR) is 62.3 cm³/mol. The van der Waals surface area contributed by atoms with Crippen LogP contribution < -0.4 is 16.0 Å². The summed E-state index contributed by atoms with van der Waals surface area (Å²) in [7, 11) is -3.60. The molecule has 9 heteroatoms. The van der Waals surface area contributed by atoms with Crippen LogP contribution in [0.1, 0.15) is 0 Å². The number of thiophene rings is 1. The van der Waals surface area contributed by atoms with E-state index in [1.54, 1.807) is 11.4 Å². The summed E-state index contributed by atoms with van der Waals surface area (Å²) in [5.74, 6) is 0. The van der Waals surface area contributed by atoms with E-state index < -0.39 is 10.0 Å². The molecule has 0 bridgehead atoms. The number of thiocarbonyl (C=S) groups is 1. The molecule has 0 radical (unpaired) electrons. The van der Waals surface area contributed by atoms with Gasteiger partial charge < -0.3 is 5.73 Å². The number of halogens is 1. The van der Waals surface area contributed by atoms with Crippen molar-refractivity contribution in [3.05, 3.63) is 15.9 Å². The summed E-state index contributed by atoms with van der Waals surface area (Å²) < 4.78 is 23.7. The molecule has 4 N–H and O–H groups in total. The molecule has 0 saturated carbocycles. The molecule has 0 aliphatic rings. The molecule has 0 spiro atoms. The summed E-state index contributed by atoms with van der Waals surface area (Å²) in [6.45, 7) is 0. The Balaban J connectivity index is 2.87. The lowest BCUT2D eigenvalue weighted by atomic mass is 10.7. The van der Waals surface area contributed by atoms with E-state index in [9.17, 15) is 8.42 Å². The third-order valence-electron chi connectivity index (χ3n) is 1.14. The monoisotopic (exact) mass is 315 g/mol. The number of hydrazine groups is 1. The predicted octanol–water partition coefficient (Wildman–Crippen LogP) is 0.537. The van der Waals surface area contributed by atoms with Crippen molar-refractivity contribution in [2.45, 2.75) is 4.21 Å². The molecule has 0 aromatic carbocycles. The molecule has 0 unspecified atom stereocenters. The second-order valence-corrected chi connectivity index (χ2v) is 6.24. The Morgan fingerprint density at radius 3 is 2.71 bits per heavy atom. The lowest BCUT2D eigenvalue weighted by Gasteiger charge is -2.05. The van der Waals surface area contributed by atoms with E-state index in [0.717, 1.165) is 11.3 Å². The van der Waals surface area contributed by atoms with Crippen molar-refractivity contribution in [1.29, 1.82) is 0 Å². The number of nitrogens with two attached hydrogens (primary N) is 1. The maximum Gasteiger partial charge on any atom is 0.267 e. The third kappa shape index (κ3) is 2.89. The average Bonchev–Trinajstić information content (AvgIpc) is 2.48. The second-order valence-electron chi connectivity index (χ2n) is 2.15. The highest BCUT2D eigenvalue weighted by Crippen LogP contribution is 2.26. The minimum atomic E-state index is -3.60. The van der Waals surface area contributed by atoms with Gasteiger partial charge in [-0.15, -0.1) is 16.2 Å². The topological polar surface area (TPSA) is 84.2 Å². The van der Waals surface area contributed by atoms with E-state index in [2.05, 4.69) is 33.6 Å². The average molecular weight is 316 g/mol. The van der Waals surface area contributed by atoms with Gasteiger partial charge in [0.05, 0.1) is 0 Å². The number of hydrogen-bond acceptors (Lipinski definition) is 4. The molecule has 78 valence electrons. The quantitative estimate of drug-likeness (QED) is 0.560. The Morgan fingerprint density at radius 1 is 1.64 bits per heavy atom. The fourth-order valence-corrected chi connectivity index (χ4v) is 3.95. The van der Waals surface area contributed by atoms with Gasteiger partial charge in [-0.05, 0) is 39.6 Å². The van der Waals surface area contributed by atoms with Gasteiger partial charge in [0.15, 0.2) is 9.32 Å². The standard InChI is InChI=1S/C5H6BrN3O2S3/c6-3-1-2-13-4(3)14(10,11)9-8-5(7)12/h1-2,9H,(H3,7,8,12). The van der Waals surface area contributed by atoms with E-state index >= 15 is 0 Å². The van der Waals surface area contributed by atoms with Crippen molar-refractivity contribution >= 4 is 54.6 Å². The molecular weight excluding hydrogens is 310 g/mol. The summed E-state index contributed by atoms with van der Waals surface area (Å²) in [5.41, 5.74) is 7.23. The number of nitrogens with one attached hydrogen (secondary N) is 2. The zero-order valence-corrected chi connectivity index (χ0v) is 10.7. The van der Waals surface area contributed by atoms with Gasteiger partial charge in [0.2, 0.25) is 0 Å². The zero-order chi connectivity index (χ0) is 10.8. The molecule has 0 aliphatic carbocycles. The zero-order valence-electron chi connectivity index (χ0n) is 6.65. The van der Waals surface area contributed by atoms with Crippen LogP contribution in [0.2, 0.25) is 0 Å². The van der Waals surface area contributed by atoms with Crippen LogP contribution in [0.5, 0.6) is 0 Å². The highest BCUT2D eigenvalue weighted by molar-refractivity contribution is 9.10. The van der Waals surface area contributed by atoms with E-state index in [-0.39, 0.29) is 9.32 Å². The van der Waals surface area contributed by atoms with Crippen LogP contribution in [-0.2, 0) is 10.0 Å². The SMILES string of the molecule is NC(=S)NNS(=O)(=O)c1sccc1Br. The lowest BCUT2D eigenvalue weighted by molar-refractivity contribution is 0.579.